The van der Waals surface area contributed by atoms with Crippen LogP contribution in [-0.4, -0.2) is 30.9 Å². The maximum Gasteiger partial charge on any atom is 0.225 e. The molecule has 4 N–H and O–H groups in total. The molecule has 0 spiro atoms. The number of carbonyl (C=O) groups is 2. The minimum Gasteiger partial charge on any atom is -0.355 e. The molecular weight excluding hydrogens is 206 g/mol. The molecule has 0 bridgehead atoms. The lowest BCUT2D eigenvalue weighted by Crippen LogP contribution is -2.44. The molecule has 0 aromatic heterocycles. The van der Waals surface area contributed by atoms with Crippen LogP contribution < -0.4 is 16.4 Å². The van der Waals surface area contributed by atoms with E-state index in [1.807, 2.05) is 0 Å². The minimum absolute atomic E-state index is 0.0169. The van der Waals surface area contributed by atoms with Crippen molar-refractivity contribution in [2.24, 2.45) is 17.6 Å². The molecule has 0 saturated carbocycles. The van der Waals surface area contributed by atoms with Gasteiger partial charge < -0.3 is 16.4 Å². The highest BCUT2D eigenvalue weighted by atomic mass is 16.2. The second-order valence-corrected chi connectivity index (χ2v) is 4.78. The molecule has 0 aromatic rings. The van der Waals surface area contributed by atoms with Gasteiger partial charge in [0.15, 0.2) is 0 Å². The number of rotatable bonds is 5. The molecule has 2 atom stereocenters. The van der Waals surface area contributed by atoms with Crippen LogP contribution in [0.2, 0.25) is 0 Å². The molecule has 5 heteroatoms. The van der Waals surface area contributed by atoms with E-state index in [2.05, 4.69) is 24.5 Å². The van der Waals surface area contributed by atoms with Crippen LogP contribution in [0.25, 0.3) is 0 Å². The summed E-state index contributed by atoms with van der Waals surface area (Å²) < 4.78 is 0. The predicted octanol–water partition coefficient (Wildman–Crippen LogP) is -0.388. The van der Waals surface area contributed by atoms with Crippen LogP contribution in [-0.2, 0) is 9.59 Å². The largest absolute Gasteiger partial charge is 0.355 e. The van der Waals surface area contributed by atoms with Crippen molar-refractivity contribution in [3.63, 3.8) is 0 Å². The van der Waals surface area contributed by atoms with Crippen molar-refractivity contribution in [3.05, 3.63) is 0 Å². The fourth-order valence-electron chi connectivity index (χ4n) is 1.89. The summed E-state index contributed by atoms with van der Waals surface area (Å²) in [6.45, 7) is 5.08. The summed E-state index contributed by atoms with van der Waals surface area (Å²) in [5, 5.41) is 5.56. The molecule has 92 valence electrons. The predicted molar refractivity (Wildman–Crippen MR) is 61.6 cm³/mol. The first-order chi connectivity index (χ1) is 7.52. The molecule has 1 fully saturated rings. The average molecular weight is 227 g/mol. The van der Waals surface area contributed by atoms with Crippen LogP contribution in [0.3, 0.4) is 0 Å². The van der Waals surface area contributed by atoms with Crippen molar-refractivity contribution in [1.29, 1.82) is 0 Å². The van der Waals surface area contributed by atoms with E-state index in [1.165, 1.54) is 0 Å². The summed E-state index contributed by atoms with van der Waals surface area (Å²) in [6.07, 6.45) is 1.17. The Morgan fingerprint density at radius 3 is 2.75 bits per heavy atom. The third-order valence-corrected chi connectivity index (χ3v) is 2.74. The van der Waals surface area contributed by atoms with Crippen molar-refractivity contribution < 1.29 is 9.59 Å². The van der Waals surface area contributed by atoms with Crippen LogP contribution in [0.5, 0.6) is 0 Å². The van der Waals surface area contributed by atoms with Gasteiger partial charge in [-0.3, -0.25) is 9.59 Å². The van der Waals surface area contributed by atoms with Gasteiger partial charge in [0, 0.05) is 25.6 Å². The van der Waals surface area contributed by atoms with Gasteiger partial charge >= 0.3 is 0 Å². The Hall–Kier alpha value is -1.10. The highest BCUT2D eigenvalue weighted by Crippen LogP contribution is 2.10. The van der Waals surface area contributed by atoms with Gasteiger partial charge in [0.2, 0.25) is 11.8 Å². The van der Waals surface area contributed by atoms with Crippen molar-refractivity contribution in [2.75, 3.05) is 13.1 Å². The molecule has 1 rings (SSSR count). The first-order valence-electron chi connectivity index (χ1n) is 5.80. The topological polar surface area (TPSA) is 84.2 Å². The van der Waals surface area contributed by atoms with Crippen LogP contribution in [0.1, 0.15) is 26.7 Å². The molecule has 1 aliphatic rings. The van der Waals surface area contributed by atoms with E-state index in [1.54, 1.807) is 0 Å². The zero-order chi connectivity index (χ0) is 12.1. The monoisotopic (exact) mass is 227 g/mol. The molecule has 5 nitrogen and oxygen atoms in total. The van der Waals surface area contributed by atoms with Crippen LogP contribution >= 0.6 is 0 Å². The van der Waals surface area contributed by atoms with Crippen LogP contribution in [0.4, 0.5) is 0 Å². The first kappa shape index (κ1) is 13.0. The van der Waals surface area contributed by atoms with Crippen molar-refractivity contribution >= 4 is 11.8 Å². The Morgan fingerprint density at radius 1 is 1.62 bits per heavy atom. The van der Waals surface area contributed by atoms with E-state index >= 15 is 0 Å². The fraction of sp³-hybridized carbons (Fsp3) is 0.818. The molecule has 16 heavy (non-hydrogen) atoms. The standard InChI is InChI=1S/C11H21N3O2/c1-7(2)3-9(5-12)14-11(16)8-4-10(15)13-6-8/h7-9H,3-6,12H2,1-2H3,(H,13,15)(H,14,16). The minimum atomic E-state index is -0.228. The van der Waals surface area contributed by atoms with Crippen molar-refractivity contribution in [1.82, 2.24) is 10.6 Å². The highest BCUT2D eigenvalue weighted by molar-refractivity contribution is 5.89. The Labute approximate surface area is 96.1 Å². The van der Waals surface area contributed by atoms with Gasteiger partial charge in [0.05, 0.1) is 5.92 Å². The highest BCUT2D eigenvalue weighted by Gasteiger charge is 2.28. The SMILES string of the molecule is CC(C)CC(CN)NC(=O)C1CNC(=O)C1. The number of nitrogens with two attached hydrogens (primary N) is 1. The smallest absolute Gasteiger partial charge is 0.225 e. The van der Waals surface area contributed by atoms with E-state index in [-0.39, 0.29) is 23.8 Å². The maximum atomic E-state index is 11.8. The Bertz CT molecular complexity index is 266. The Balaban J connectivity index is 2.39. The molecule has 0 aromatic carbocycles. The van der Waals surface area contributed by atoms with Gasteiger partial charge in [-0.2, -0.15) is 0 Å². The number of hydrogen-bond acceptors (Lipinski definition) is 3. The second kappa shape index (κ2) is 5.84. The average Bonchev–Trinajstić information content (AvgIpc) is 2.63. The third kappa shape index (κ3) is 3.81. The fourth-order valence-corrected chi connectivity index (χ4v) is 1.89. The molecule has 2 unspecified atom stereocenters. The Kier molecular flexibility index (Phi) is 4.73. The number of nitrogens with one attached hydrogen (secondary N) is 2. The van der Waals surface area contributed by atoms with Gasteiger partial charge in [0.25, 0.3) is 0 Å². The molecular formula is C11H21N3O2. The molecule has 1 heterocycles. The van der Waals surface area contributed by atoms with Gasteiger partial charge in [-0.05, 0) is 12.3 Å². The zero-order valence-corrected chi connectivity index (χ0v) is 9.95. The van der Waals surface area contributed by atoms with Crippen molar-refractivity contribution in [2.45, 2.75) is 32.7 Å². The van der Waals surface area contributed by atoms with Gasteiger partial charge in [-0.1, -0.05) is 13.8 Å². The lowest BCUT2D eigenvalue weighted by Gasteiger charge is -2.20. The lowest BCUT2D eigenvalue weighted by molar-refractivity contribution is -0.127. The summed E-state index contributed by atoms with van der Waals surface area (Å²) in [7, 11) is 0. The molecule has 0 aliphatic carbocycles. The van der Waals surface area contributed by atoms with Crippen molar-refractivity contribution in [3.8, 4) is 0 Å². The summed E-state index contributed by atoms with van der Waals surface area (Å²) >= 11 is 0. The van der Waals surface area contributed by atoms with E-state index in [0.717, 1.165) is 6.42 Å². The number of hydrogen-bond donors (Lipinski definition) is 3. The van der Waals surface area contributed by atoms with Gasteiger partial charge in [-0.25, -0.2) is 0 Å². The van der Waals surface area contributed by atoms with Crippen LogP contribution in [0.15, 0.2) is 0 Å². The summed E-state index contributed by atoms with van der Waals surface area (Å²) in [5.41, 5.74) is 5.60. The second-order valence-electron chi connectivity index (χ2n) is 4.78. The van der Waals surface area contributed by atoms with E-state index in [4.69, 9.17) is 5.73 Å². The third-order valence-electron chi connectivity index (χ3n) is 2.74. The molecule has 1 aliphatic heterocycles. The lowest BCUT2D eigenvalue weighted by atomic mass is 10.0. The van der Waals surface area contributed by atoms with E-state index < -0.39 is 0 Å². The number of carbonyl (C=O) groups excluding carboxylic acids is 2. The maximum absolute atomic E-state index is 11.8. The van der Waals surface area contributed by atoms with Gasteiger partial charge in [0.1, 0.15) is 0 Å². The summed E-state index contributed by atoms with van der Waals surface area (Å²) in [4.78, 5) is 22.8. The van der Waals surface area contributed by atoms with Crippen LogP contribution in [0, 0.1) is 11.8 Å². The zero-order valence-electron chi connectivity index (χ0n) is 9.95. The summed E-state index contributed by atoms with van der Waals surface area (Å²) in [6, 6.07) is 0.0169. The molecule has 1 saturated heterocycles. The summed E-state index contributed by atoms with van der Waals surface area (Å²) in [5.74, 6) is 0.161. The quantitative estimate of drug-likeness (QED) is 0.598. The number of amides is 2. The molecule has 0 radical (unpaired) electrons. The Morgan fingerprint density at radius 2 is 2.31 bits per heavy atom. The molecule has 2 amide bonds. The van der Waals surface area contributed by atoms with E-state index in [0.29, 0.717) is 25.4 Å². The first-order valence-corrected chi connectivity index (χ1v) is 5.80. The normalized spacial score (nSPS) is 22.0. The van der Waals surface area contributed by atoms with E-state index in [9.17, 15) is 9.59 Å². The van der Waals surface area contributed by atoms with Gasteiger partial charge in [-0.15, -0.1) is 0 Å².